The van der Waals surface area contributed by atoms with Gasteiger partial charge in [-0.25, -0.2) is 9.97 Å². The van der Waals surface area contributed by atoms with Crippen LogP contribution in [0.5, 0.6) is 0 Å². The van der Waals surface area contributed by atoms with Crippen LogP contribution in [-0.2, 0) is 0 Å². The molecule has 4 nitrogen and oxygen atoms in total. The van der Waals surface area contributed by atoms with Gasteiger partial charge in [-0.3, -0.25) is 0 Å². The molecule has 0 spiro atoms. The number of rotatable bonds is 3. The topological polar surface area (TPSA) is 43.9 Å². The minimum Gasteiger partial charge on any atom is -0.455 e. The van der Waals surface area contributed by atoms with Crippen molar-refractivity contribution in [2.45, 2.75) is 0 Å². The lowest BCUT2D eigenvalue weighted by Gasteiger charge is -2.11. The zero-order valence-corrected chi connectivity index (χ0v) is 24.7. The van der Waals surface area contributed by atoms with Crippen molar-refractivity contribution in [3.63, 3.8) is 0 Å². The van der Waals surface area contributed by atoms with E-state index in [9.17, 15) is 0 Å². The van der Waals surface area contributed by atoms with Gasteiger partial charge in [-0.05, 0) is 53.2 Å². The van der Waals surface area contributed by atoms with Crippen LogP contribution in [0, 0.1) is 0 Å². The van der Waals surface area contributed by atoms with Crippen molar-refractivity contribution in [2.75, 3.05) is 0 Å². The molecule has 0 aliphatic carbocycles. The molecule has 0 atom stereocenters. The summed E-state index contributed by atoms with van der Waals surface area (Å²) in [5.41, 5.74) is 8.83. The van der Waals surface area contributed by atoms with E-state index in [0.29, 0.717) is 5.82 Å². The van der Waals surface area contributed by atoms with Crippen molar-refractivity contribution in [2.24, 2.45) is 0 Å². The van der Waals surface area contributed by atoms with E-state index in [0.717, 1.165) is 77.2 Å². The summed E-state index contributed by atoms with van der Waals surface area (Å²) in [7, 11) is 0. The van der Waals surface area contributed by atoms with Gasteiger partial charge in [0.15, 0.2) is 5.82 Å². The average Bonchev–Trinajstić information content (AvgIpc) is 3.67. The predicted octanol–water partition coefficient (Wildman–Crippen LogP) is 11.1. The third-order valence-corrected chi connectivity index (χ3v) is 9.20. The predicted molar refractivity (Wildman–Crippen MR) is 190 cm³/mol. The number of nitrogens with zero attached hydrogens (tertiary/aromatic N) is 3. The van der Waals surface area contributed by atoms with E-state index < -0.39 is 0 Å². The summed E-state index contributed by atoms with van der Waals surface area (Å²) < 4.78 is 9.26. The van der Waals surface area contributed by atoms with Crippen molar-refractivity contribution >= 4 is 65.4 Å². The van der Waals surface area contributed by atoms with Crippen LogP contribution in [0.3, 0.4) is 0 Å². The van der Waals surface area contributed by atoms with E-state index in [1.807, 2.05) is 6.07 Å². The monoisotopic (exact) mass is 587 g/mol. The Morgan fingerprint density at radius 3 is 2.02 bits per heavy atom. The number of furan rings is 1. The van der Waals surface area contributed by atoms with E-state index >= 15 is 0 Å². The Hall–Kier alpha value is -6.26. The van der Waals surface area contributed by atoms with Crippen molar-refractivity contribution < 1.29 is 4.42 Å². The Balaban J connectivity index is 1.27. The van der Waals surface area contributed by atoms with Crippen LogP contribution in [0.25, 0.3) is 93.8 Å². The maximum absolute atomic E-state index is 6.94. The lowest BCUT2D eigenvalue weighted by Crippen LogP contribution is -1.96. The van der Waals surface area contributed by atoms with Crippen molar-refractivity contribution in [1.82, 2.24) is 14.5 Å². The molecule has 46 heavy (non-hydrogen) atoms. The summed E-state index contributed by atoms with van der Waals surface area (Å²) in [5.74, 6) is 0.647. The normalized spacial score (nSPS) is 11.9. The molecule has 3 heterocycles. The van der Waals surface area contributed by atoms with E-state index in [1.54, 1.807) is 0 Å². The number of fused-ring (bicyclic) bond motifs is 9. The van der Waals surface area contributed by atoms with Crippen LogP contribution in [0.4, 0.5) is 0 Å². The summed E-state index contributed by atoms with van der Waals surface area (Å²) in [6.07, 6.45) is 0. The maximum atomic E-state index is 6.94. The summed E-state index contributed by atoms with van der Waals surface area (Å²) in [6, 6.07) is 52.9. The zero-order valence-electron chi connectivity index (χ0n) is 24.7. The van der Waals surface area contributed by atoms with Crippen LogP contribution in [-0.4, -0.2) is 14.5 Å². The van der Waals surface area contributed by atoms with E-state index in [4.69, 9.17) is 14.4 Å². The summed E-state index contributed by atoms with van der Waals surface area (Å²) >= 11 is 0. The maximum Gasteiger partial charge on any atom is 0.164 e. The van der Waals surface area contributed by atoms with Gasteiger partial charge < -0.3 is 8.98 Å². The van der Waals surface area contributed by atoms with Gasteiger partial charge in [-0.15, -0.1) is 0 Å². The summed E-state index contributed by atoms with van der Waals surface area (Å²) in [4.78, 5) is 10.4. The lowest BCUT2D eigenvalue weighted by molar-refractivity contribution is 0.673. The first-order valence-electron chi connectivity index (χ1n) is 15.5. The first-order chi connectivity index (χ1) is 22.8. The summed E-state index contributed by atoms with van der Waals surface area (Å²) in [6.45, 7) is 0. The van der Waals surface area contributed by atoms with Gasteiger partial charge in [0.25, 0.3) is 0 Å². The molecule has 0 amide bonds. The van der Waals surface area contributed by atoms with Crippen LogP contribution in [0.2, 0.25) is 0 Å². The Bertz CT molecular complexity index is 2800. The molecule has 0 radical (unpaired) electrons. The number of para-hydroxylation sites is 4. The van der Waals surface area contributed by atoms with Gasteiger partial charge in [0.2, 0.25) is 0 Å². The molecule has 0 saturated heterocycles. The van der Waals surface area contributed by atoms with E-state index in [1.165, 1.54) is 10.8 Å². The highest BCUT2D eigenvalue weighted by Gasteiger charge is 2.21. The fraction of sp³-hybridized carbons (Fsp3) is 0. The number of aromatic nitrogens is 3. The Morgan fingerprint density at radius 1 is 0.435 bits per heavy atom. The smallest absolute Gasteiger partial charge is 0.164 e. The standard InChI is InChI=1S/C42H25N3O/c1-2-14-27(15-3-1)45-36-23-9-7-18-33(36)38-37(45)25-24-31-30-20-11-21-34(40(30)46-41(31)38)42-43-35-22-8-6-17-32(35)39(44-42)29-19-10-13-26-12-4-5-16-28(26)29/h1-25H. The largest absolute Gasteiger partial charge is 0.455 e. The fourth-order valence-electron chi connectivity index (χ4n) is 7.17. The van der Waals surface area contributed by atoms with Crippen LogP contribution >= 0.6 is 0 Å². The molecule has 3 aromatic heterocycles. The molecule has 0 aliphatic rings. The first kappa shape index (κ1) is 25.1. The SMILES string of the molecule is c1ccc(-n2c3ccccc3c3c4oc5c(-c6nc(-c7cccc8ccccc78)c7ccccc7n6)cccc5c4ccc32)cc1. The molecule has 0 unspecified atom stereocenters. The second-order valence-corrected chi connectivity index (χ2v) is 11.7. The van der Waals surface area contributed by atoms with E-state index in [-0.39, 0.29) is 0 Å². The van der Waals surface area contributed by atoms with Crippen LogP contribution in [0.15, 0.2) is 156 Å². The third-order valence-electron chi connectivity index (χ3n) is 9.20. The number of hydrogen-bond acceptors (Lipinski definition) is 3. The molecule has 0 saturated carbocycles. The second kappa shape index (κ2) is 9.62. The van der Waals surface area contributed by atoms with Gasteiger partial charge >= 0.3 is 0 Å². The molecular weight excluding hydrogens is 562 g/mol. The van der Waals surface area contributed by atoms with Crippen molar-refractivity contribution in [1.29, 1.82) is 0 Å². The minimum absolute atomic E-state index is 0.647. The average molecular weight is 588 g/mol. The van der Waals surface area contributed by atoms with Gasteiger partial charge in [0, 0.05) is 32.8 Å². The molecule has 4 heteroatoms. The van der Waals surface area contributed by atoms with E-state index in [2.05, 4.69) is 150 Å². The molecule has 0 bridgehead atoms. The fourth-order valence-corrected chi connectivity index (χ4v) is 7.17. The van der Waals surface area contributed by atoms with Gasteiger partial charge in [0.1, 0.15) is 11.2 Å². The van der Waals surface area contributed by atoms with Gasteiger partial charge in [-0.2, -0.15) is 0 Å². The number of benzene rings is 7. The second-order valence-electron chi connectivity index (χ2n) is 11.7. The van der Waals surface area contributed by atoms with Gasteiger partial charge in [-0.1, -0.05) is 109 Å². The molecule has 10 aromatic rings. The highest BCUT2D eigenvalue weighted by molar-refractivity contribution is 6.24. The Labute approximate surface area is 263 Å². The number of hydrogen-bond donors (Lipinski definition) is 0. The first-order valence-corrected chi connectivity index (χ1v) is 15.5. The highest BCUT2D eigenvalue weighted by atomic mass is 16.3. The Morgan fingerprint density at radius 2 is 1.11 bits per heavy atom. The molecule has 0 N–H and O–H groups in total. The minimum atomic E-state index is 0.647. The van der Waals surface area contributed by atoms with Gasteiger partial charge in [0.05, 0.1) is 33.2 Å². The highest BCUT2D eigenvalue weighted by Crippen LogP contribution is 2.43. The Kier molecular flexibility index (Phi) is 5.25. The van der Waals surface area contributed by atoms with Crippen LogP contribution < -0.4 is 0 Å². The molecule has 0 aliphatic heterocycles. The molecule has 7 aromatic carbocycles. The van der Waals surface area contributed by atoms with Crippen LogP contribution in [0.1, 0.15) is 0 Å². The molecule has 0 fully saturated rings. The molecule has 10 rings (SSSR count). The zero-order chi connectivity index (χ0) is 30.2. The molecule has 214 valence electrons. The third kappa shape index (κ3) is 3.55. The molecular formula is C42H25N3O. The van der Waals surface area contributed by atoms with Crippen molar-refractivity contribution in [3.8, 4) is 28.3 Å². The lowest BCUT2D eigenvalue weighted by atomic mass is 9.99. The quantitative estimate of drug-likeness (QED) is 0.207. The van der Waals surface area contributed by atoms with Crippen molar-refractivity contribution in [3.05, 3.63) is 152 Å². The summed E-state index contributed by atoms with van der Waals surface area (Å²) in [5, 5.41) is 7.77.